The molecule has 20 heavy (non-hydrogen) atoms. The molecular weight excluding hydrogens is 260 g/mol. The molecule has 0 atom stereocenters. The van der Waals surface area contributed by atoms with E-state index < -0.39 is 6.09 Å². The second kappa shape index (κ2) is 7.04. The lowest BCUT2D eigenvalue weighted by atomic mass is 10.1. The van der Waals surface area contributed by atoms with Gasteiger partial charge in [-0.05, 0) is 25.1 Å². The molecule has 0 aromatic heterocycles. The van der Waals surface area contributed by atoms with Crippen LogP contribution in [-0.4, -0.2) is 37.3 Å². The van der Waals surface area contributed by atoms with Crippen molar-refractivity contribution in [3.8, 4) is 18.1 Å². The molecule has 0 aliphatic carbocycles. The quantitative estimate of drug-likeness (QED) is 0.800. The largest absolute Gasteiger partial charge is 0.495 e. The standard InChI is InChI=1S/C14H16N2O4/c1-4-8-16(14(18)19)11-7-6-10(9-12(11)20-3)13(17)15-5-2/h1,6-7,9H,5,8H2,2-3H3,(H,15,17)(H,18,19). The molecule has 0 saturated carbocycles. The van der Waals surface area contributed by atoms with Crippen molar-refractivity contribution in [2.24, 2.45) is 0 Å². The number of nitrogens with zero attached hydrogens (tertiary/aromatic N) is 1. The number of benzene rings is 1. The highest BCUT2D eigenvalue weighted by atomic mass is 16.5. The molecule has 0 aliphatic heterocycles. The minimum absolute atomic E-state index is 0.105. The Kier molecular flexibility index (Phi) is 5.42. The second-order valence-electron chi connectivity index (χ2n) is 3.82. The lowest BCUT2D eigenvalue weighted by Crippen LogP contribution is -2.30. The topological polar surface area (TPSA) is 78.9 Å². The zero-order chi connectivity index (χ0) is 15.1. The number of rotatable bonds is 5. The number of methoxy groups -OCH3 is 1. The van der Waals surface area contributed by atoms with Gasteiger partial charge in [-0.15, -0.1) is 6.42 Å². The third-order valence-corrected chi connectivity index (χ3v) is 2.55. The Morgan fingerprint density at radius 1 is 1.50 bits per heavy atom. The van der Waals surface area contributed by atoms with E-state index in [1.54, 1.807) is 0 Å². The first-order valence-electron chi connectivity index (χ1n) is 5.95. The minimum atomic E-state index is -1.19. The SMILES string of the molecule is C#CCN(C(=O)O)c1ccc(C(=O)NCC)cc1OC. The van der Waals surface area contributed by atoms with E-state index in [9.17, 15) is 9.59 Å². The Bertz CT molecular complexity index is 549. The molecule has 1 aromatic carbocycles. The first kappa shape index (κ1) is 15.4. The summed E-state index contributed by atoms with van der Waals surface area (Å²) in [5, 5.41) is 11.8. The number of carbonyl (C=O) groups excluding carboxylic acids is 1. The summed E-state index contributed by atoms with van der Waals surface area (Å²) in [7, 11) is 1.40. The van der Waals surface area contributed by atoms with Gasteiger partial charge in [0.25, 0.3) is 5.91 Å². The number of carboxylic acid groups (broad SMARTS) is 1. The maximum absolute atomic E-state index is 11.7. The molecule has 0 bridgehead atoms. The van der Waals surface area contributed by atoms with Crippen LogP contribution in [0.1, 0.15) is 17.3 Å². The molecule has 0 spiro atoms. The minimum Gasteiger partial charge on any atom is -0.495 e. The van der Waals surface area contributed by atoms with Gasteiger partial charge in [-0.1, -0.05) is 5.92 Å². The number of hydrogen-bond donors (Lipinski definition) is 2. The number of nitrogens with one attached hydrogen (secondary N) is 1. The average Bonchev–Trinajstić information content (AvgIpc) is 2.44. The van der Waals surface area contributed by atoms with Crippen LogP contribution in [0.4, 0.5) is 10.5 Å². The average molecular weight is 276 g/mol. The molecule has 106 valence electrons. The summed E-state index contributed by atoms with van der Waals surface area (Å²) in [5.41, 5.74) is 0.685. The van der Waals surface area contributed by atoms with Crippen LogP contribution in [0.15, 0.2) is 18.2 Å². The molecule has 6 nitrogen and oxygen atoms in total. The van der Waals surface area contributed by atoms with Crippen LogP contribution in [0.5, 0.6) is 5.75 Å². The maximum Gasteiger partial charge on any atom is 0.412 e. The summed E-state index contributed by atoms with van der Waals surface area (Å²) >= 11 is 0. The van der Waals surface area contributed by atoms with E-state index in [1.165, 1.54) is 25.3 Å². The lowest BCUT2D eigenvalue weighted by Gasteiger charge is -2.19. The predicted octanol–water partition coefficient (Wildman–Crippen LogP) is 1.56. The van der Waals surface area contributed by atoms with E-state index in [4.69, 9.17) is 16.3 Å². The van der Waals surface area contributed by atoms with Gasteiger partial charge < -0.3 is 15.2 Å². The number of carbonyl (C=O) groups is 2. The summed E-state index contributed by atoms with van der Waals surface area (Å²) in [6, 6.07) is 4.50. The zero-order valence-electron chi connectivity index (χ0n) is 11.3. The fourth-order valence-electron chi connectivity index (χ4n) is 1.65. The van der Waals surface area contributed by atoms with Gasteiger partial charge >= 0.3 is 6.09 Å². The first-order valence-corrected chi connectivity index (χ1v) is 5.95. The highest BCUT2D eigenvalue weighted by Gasteiger charge is 2.19. The van der Waals surface area contributed by atoms with Gasteiger partial charge in [-0.3, -0.25) is 9.69 Å². The molecule has 0 fully saturated rings. The number of ether oxygens (including phenoxy) is 1. The van der Waals surface area contributed by atoms with Gasteiger partial charge in [-0.25, -0.2) is 4.79 Å². The number of amides is 2. The van der Waals surface area contributed by atoms with Crippen molar-refractivity contribution < 1.29 is 19.4 Å². The number of hydrogen-bond acceptors (Lipinski definition) is 3. The van der Waals surface area contributed by atoms with E-state index in [2.05, 4.69) is 11.2 Å². The van der Waals surface area contributed by atoms with Crippen LogP contribution in [-0.2, 0) is 0 Å². The maximum atomic E-state index is 11.7. The lowest BCUT2D eigenvalue weighted by molar-refractivity contribution is 0.0955. The number of anilines is 1. The Labute approximate surface area is 117 Å². The monoisotopic (exact) mass is 276 g/mol. The fourth-order valence-corrected chi connectivity index (χ4v) is 1.65. The van der Waals surface area contributed by atoms with Crippen LogP contribution in [0.3, 0.4) is 0 Å². The van der Waals surface area contributed by atoms with Crippen molar-refractivity contribution in [2.45, 2.75) is 6.92 Å². The van der Waals surface area contributed by atoms with Gasteiger partial charge in [0.2, 0.25) is 0 Å². The second-order valence-corrected chi connectivity index (χ2v) is 3.82. The smallest absolute Gasteiger partial charge is 0.412 e. The summed E-state index contributed by atoms with van der Waals surface area (Å²) in [4.78, 5) is 23.9. The van der Waals surface area contributed by atoms with Gasteiger partial charge in [0.05, 0.1) is 19.3 Å². The van der Waals surface area contributed by atoms with Crippen molar-refractivity contribution in [3.05, 3.63) is 23.8 Å². The Morgan fingerprint density at radius 3 is 2.70 bits per heavy atom. The van der Waals surface area contributed by atoms with Crippen LogP contribution >= 0.6 is 0 Å². The first-order chi connectivity index (χ1) is 9.54. The van der Waals surface area contributed by atoms with E-state index in [0.717, 1.165) is 4.90 Å². The number of terminal acetylenes is 1. The molecule has 6 heteroatoms. The molecular formula is C14H16N2O4. The van der Waals surface area contributed by atoms with Crippen LogP contribution < -0.4 is 15.0 Å². The molecule has 2 amide bonds. The Morgan fingerprint density at radius 2 is 2.20 bits per heavy atom. The highest BCUT2D eigenvalue weighted by Crippen LogP contribution is 2.29. The van der Waals surface area contributed by atoms with Crippen LogP contribution in [0.2, 0.25) is 0 Å². The van der Waals surface area contributed by atoms with Gasteiger partial charge in [0, 0.05) is 12.1 Å². The van der Waals surface area contributed by atoms with Crippen molar-refractivity contribution in [1.29, 1.82) is 0 Å². The van der Waals surface area contributed by atoms with E-state index in [0.29, 0.717) is 17.8 Å². The molecule has 0 aliphatic rings. The van der Waals surface area contributed by atoms with Gasteiger partial charge in [-0.2, -0.15) is 0 Å². The normalized spacial score (nSPS) is 9.45. The Hall–Kier alpha value is -2.68. The zero-order valence-corrected chi connectivity index (χ0v) is 11.3. The van der Waals surface area contributed by atoms with Crippen molar-refractivity contribution in [2.75, 3.05) is 25.1 Å². The van der Waals surface area contributed by atoms with E-state index in [-0.39, 0.29) is 18.2 Å². The highest BCUT2D eigenvalue weighted by molar-refractivity contribution is 5.96. The summed E-state index contributed by atoms with van der Waals surface area (Å²) in [6.07, 6.45) is 3.97. The predicted molar refractivity (Wildman–Crippen MR) is 75.2 cm³/mol. The molecule has 1 rings (SSSR count). The summed E-state index contributed by atoms with van der Waals surface area (Å²) in [6.45, 7) is 2.20. The van der Waals surface area contributed by atoms with E-state index in [1.807, 2.05) is 6.92 Å². The molecule has 1 aromatic rings. The van der Waals surface area contributed by atoms with Crippen LogP contribution in [0.25, 0.3) is 0 Å². The van der Waals surface area contributed by atoms with Crippen molar-refractivity contribution in [3.63, 3.8) is 0 Å². The molecule has 0 saturated heterocycles. The third kappa shape index (κ3) is 3.42. The molecule has 0 unspecified atom stereocenters. The van der Waals surface area contributed by atoms with Crippen molar-refractivity contribution >= 4 is 17.7 Å². The summed E-state index contributed by atoms with van der Waals surface area (Å²) in [5.74, 6) is 2.28. The van der Waals surface area contributed by atoms with Gasteiger partial charge in [0.1, 0.15) is 5.75 Å². The Balaban J connectivity index is 3.19. The fraction of sp³-hybridized carbons (Fsp3) is 0.286. The molecule has 0 radical (unpaired) electrons. The van der Waals surface area contributed by atoms with Crippen LogP contribution in [0, 0.1) is 12.3 Å². The van der Waals surface area contributed by atoms with E-state index >= 15 is 0 Å². The molecule has 0 heterocycles. The van der Waals surface area contributed by atoms with Crippen molar-refractivity contribution in [1.82, 2.24) is 5.32 Å². The molecule has 2 N–H and O–H groups in total. The van der Waals surface area contributed by atoms with Gasteiger partial charge in [0.15, 0.2) is 0 Å². The third-order valence-electron chi connectivity index (χ3n) is 2.55. The summed E-state index contributed by atoms with van der Waals surface area (Å²) < 4.78 is 5.14.